The normalized spacial score (nSPS) is 15.1. The molecule has 1 amide bonds. The van der Waals surface area contributed by atoms with E-state index in [2.05, 4.69) is 10.3 Å². The summed E-state index contributed by atoms with van der Waals surface area (Å²) in [6.45, 7) is 0.148. The van der Waals surface area contributed by atoms with Gasteiger partial charge in [0.1, 0.15) is 11.6 Å². The Morgan fingerprint density at radius 1 is 1.33 bits per heavy atom. The van der Waals surface area contributed by atoms with Gasteiger partial charge in [-0.3, -0.25) is 4.79 Å². The molecule has 1 heterocycles. The Balaban J connectivity index is 1.70. The number of halogens is 1. The third kappa shape index (κ3) is 3.76. The van der Waals surface area contributed by atoms with Crippen LogP contribution in [-0.4, -0.2) is 28.4 Å². The smallest absolute Gasteiger partial charge is 0.236 e. The van der Waals surface area contributed by atoms with E-state index in [1.165, 1.54) is 12.1 Å². The van der Waals surface area contributed by atoms with Crippen LogP contribution in [0, 0.1) is 5.82 Å². The quantitative estimate of drug-likeness (QED) is 0.756. The Labute approximate surface area is 144 Å². The van der Waals surface area contributed by atoms with Crippen LogP contribution in [0.4, 0.5) is 10.2 Å². The average Bonchev–Trinajstić information content (AvgIpc) is 3.37. The van der Waals surface area contributed by atoms with Gasteiger partial charge in [0, 0.05) is 17.7 Å². The lowest BCUT2D eigenvalue weighted by Crippen LogP contribution is -2.28. The predicted octanol–water partition coefficient (Wildman–Crippen LogP) is 3.12. The molecular formula is C18H19FN2O2S. The molecule has 1 fully saturated rings. The summed E-state index contributed by atoms with van der Waals surface area (Å²) in [5, 5.41) is 11.7. The van der Waals surface area contributed by atoms with Gasteiger partial charge in [-0.25, -0.2) is 9.37 Å². The van der Waals surface area contributed by atoms with Crippen molar-refractivity contribution in [2.45, 2.75) is 24.0 Å². The van der Waals surface area contributed by atoms with Crippen molar-refractivity contribution >= 4 is 23.5 Å². The molecule has 0 unspecified atom stereocenters. The van der Waals surface area contributed by atoms with Crippen LogP contribution >= 0.6 is 11.8 Å². The molecule has 1 aromatic heterocycles. The molecule has 0 bridgehead atoms. The molecule has 1 aromatic carbocycles. The number of carbonyl (C=O) groups is 1. The summed E-state index contributed by atoms with van der Waals surface area (Å²) < 4.78 is 13.5. The van der Waals surface area contributed by atoms with Crippen LogP contribution < -0.4 is 5.32 Å². The number of benzene rings is 1. The van der Waals surface area contributed by atoms with E-state index in [9.17, 15) is 9.18 Å². The summed E-state index contributed by atoms with van der Waals surface area (Å²) in [5.74, 6) is 1.46. The van der Waals surface area contributed by atoms with Gasteiger partial charge in [-0.2, -0.15) is 11.8 Å². The minimum Gasteiger partial charge on any atom is -0.396 e. The van der Waals surface area contributed by atoms with Crippen LogP contribution in [0.5, 0.6) is 0 Å². The van der Waals surface area contributed by atoms with Crippen molar-refractivity contribution in [3.05, 3.63) is 59.5 Å². The lowest BCUT2D eigenvalue weighted by atomic mass is 9.95. The summed E-state index contributed by atoms with van der Waals surface area (Å²) in [7, 11) is 0. The molecule has 2 N–H and O–H groups in total. The van der Waals surface area contributed by atoms with E-state index in [1.807, 2.05) is 12.1 Å². The number of nitrogens with one attached hydrogen (secondary N) is 1. The molecule has 1 saturated carbocycles. The van der Waals surface area contributed by atoms with Crippen LogP contribution in [0.15, 0.2) is 42.6 Å². The molecule has 0 aliphatic heterocycles. The number of anilines is 1. The molecule has 2 aromatic rings. The Morgan fingerprint density at radius 2 is 2.17 bits per heavy atom. The number of thioether (sulfide) groups is 1. The van der Waals surface area contributed by atoms with Crippen molar-refractivity contribution in [3.8, 4) is 0 Å². The van der Waals surface area contributed by atoms with Crippen molar-refractivity contribution in [3.63, 3.8) is 0 Å². The molecule has 24 heavy (non-hydrogen) atoms. The number of rotatable bonds is 7. The number of aliphatic hydroxyl groups excluding tert-OH is 1. The number of nitrogens with zero attached hydrogens (tertiary/aromatic N) is 1. The Hall–Kier alpha value is -1.92. The molecule has 0 radical (unpaired) electrons. The topological polar surface area (TPSA) is 62.2 Å². The highest BCUT2D eigenvalue weighted by molar-refractivity contribution is 7.98. The van der Waals surface area contributed by atoms with Gasteiger partial charge in [0.05, 0.1) is 12.0 Å². The molecule has 3 rings (SSSR count). The number of amides is 1. The van der Waals surface area contributed by atoms with E-state index in [0.717, 1.165) is 16.9 Å². The zero-order valence-electron chi connectivity index (χ0n) is 13.2. The third-order valence-corrected chi connectivity index (χ3v) is 5.14. The molecule has 0 saturated heterocycles. The van der Waals surface area contributed by atoms with Crippen LogP contribution in [0.3, 0.4) is 0 Å². The van der Waals surface area contributed by atoms with Crippen LogP contribution in [0.1, 0.15) is 24.0 Å². The van der Waals surface area contributed by atoms with E-state index in [1.54, 1.807) is 30.1 Å². The summed E-state index contributed by atoms with van der Waals surface area (Å²) in [4.78, 5) is 16.9. The Morgan fingerprint density at radius 3 is 2.88 bits per heavy atom. The first-order valence-electron chi connectivity index (χ1n) is 7.85. The number of aliphatic hydroxyl groups is 1. The van der Waals surface area contributed by atoms with E-state index in [0.29, 0.717) is 24.4 Å². The number of carbonyl (C=O) groups excluding carboxylic acids is 1. The predicted molar refractivity (Wildman–Crippen MR) is 93.4 cm³/mol. The van der Waals surface area contributed by atoms with Crippen molar-refractivity contribution in [2.24, 2.45) is 0 Å². The highest BCUT2D eigenvalue weighted by atomic mass is 32.2. The molecule has 1 aliphatic rings. The fourth-order valence-corrected chi connectivity index (χ4v) is 3.37. The maximum absolute atomic E-state index is 13.5. The first-order valence-corrected chi connectivity index (χ1v) is 9.00. The van der Waals surface area contributed by atoms with Gasteiger partial charge >= 0.3 is 0 Å². The summed E-state index contributed by atoms with van der Waals surface area (Å²) in [6.07, 6.45) is 3.09. The summed E-state index contributed by atoms with van der Waals surface area (Å²) in [6, 6.07) is 9.97. The molecular weight excluding hydrogens is 327 g/mol. The van der Waals surface area contributed by atoms with E-state index in [-0.39, 0.29) is 18.3 Å². The average molecular weight is 346 g/mol. The fraction of sp³-hybridized carbons (Fsp3) is 0.333. The molecule has 6 heteroatoms. The van der Waals surface area contributed by atoms with Gasteiger partial charge in [0.15, 0.2) is 0 Å². The standard InChI is InChI=1S/C18H19FN2O2S/c19-15-3-1-2-14(11-15)18(5-6-18)17(23)21-16-10-13(4-7-20-16)12-24-9-8-22/h1-4,7,10-11,22H,5-6,8-9,12H2,(H,20,21,23). The molecule has 1 aliphatic carbocycles. The van der Waals surface area contributed by atoms with E-state index >= 15 is 0 Å². The minimum absolute atomic E-state index is 0.138. The summed E-state index contributed by atoms with van der Waals surface area (Å²) >= 11 is 1.62. The monoisotopic (exact) mass is 346 g/mol. The van der Waals surface area contributed by atoms with Crippen molar-refractivity contribution in [1.29, 1.82) is 0 Å². The number of aromatic nitrogens is 1. The zero-order chi connectivity index (χ0) is 17.0. The lowest BCUT2D eigenvalue weighted by Gasteiger charge is -2.16. The minimum atomic E-state index is -0.634. The highest BCUT2D eigenvalue weighted by Crippen LogP contribution is 2.49. The first-order chi connectivity index (χ1) is 11.6. The van der Waals surface area contributed by atoms with Crippen molar-refractivity contribution in [2.75, 3.05) is 17.7 Å². The molecule has 4 nitrogen and oxygen atoms in total. The van der Waals surface area contributed by atoms with Gasteiger partial charge in [0.25, 0.3) is 0 Å². The molecule has 126 valence electrons. The largest absolute Gasteiger partial charge is 0.396 e. The van der Waals surface area contributed by atoms with Crippen molar-refractivity contribution in [1.82, 2.24) is 4.98 Å². The third-order valence-electron chi connectivity index (χ3n) is 4.13. The van der Waals surface area contributed by atoms with Gasteiger partial charge in [0.2, 0.25) is 5.91 Å². The number of hydrogen-bond acceptors (Lipinski definition) is 4. The fourth-order valence-electron chi connectivity index (χ4n) is 2.68. The SMILES string of the molecule is O=C(Nc1cc(CSCCO)ccn1)C1(c2cccc(F)c2)CC1. The zero-order valence-corrected chi connectivity index (χ0v) is 14.0. The van der Waals surface area contributed by atoms with Gasteiger partial charge in [-0.15, -0.1) is 0 Å². The second kappa shape index (κ2) is 7.32. The van der Waals surface area contributed by atoms with Gasteiger partial charge in [-0.05, 0) is 48.2 Å². The molecule has 0 atom stereocenters. The molecule has 0 spiro atoms. The van der Waals surface area contributed by atoms with Gasteiger partial charge < -0.3 is 10.4 Å². The van der Waals surface area contributed by atoms with Crippen LogP contribution in [0.25, 0.3) is 0 Å². The summed E-state index contributed by atoms with van der Waals surface area (Å²) in [5.41, 5.74) is 1.12. The highest BCUT2D eigenvalue weighted by Gasteiger charge is 2.51. The number of hydrogen-bond donors (Lipinski definition) is 2. The number of pyridine rings is 1. The van der Waals surface area contributed by atoms with Crippen molar-refractivity contribution < 1.29 is 14.3 Å². The van der Waals surface area contributed by atoms with Crippen LogP contribution in [-0.2, 0) is 16.0 Å². The maximum Gasteiger partial charge on any atom is 0.236 e. The second-order valence-corrected chi connectivity index (χ2v) is 6.98. The maximum atomic E-state index is 13.5. The van der Waals surface area contributed by atoms with E-state index in [4.69, 9.17) is 5.11 Å². The van der Waals surface area contributed by atoms with E-state index < -0.39 is 5.41 Å². The second-order valence-electron chi connectivity index (χ2n) is 5.87. The van der Waals surface area contributed by atoms with Crippen LogP contribution in [0.2, 0.25) is 0 Å². The lowest BCUT2D eigenvalue weighted by molar-refractivity contribution is -0.118. The van der Waals surface area contributed by atoms with Gasteiger partial charge in [-0.1, -0.05) is 12.1 Å². The Bertz CT molecular complexity index is 734. The Kier molecular flexibility index (Phi) is 5.16. The first kappa shape index (κ1) is 16.9.